The van der Waals surface area contributed by atoms with Crippen molar-refractivity contribution in [2.45, 2.75) is 59.8 Å². The molecule has 21 heavy (non-hydrogen) atoms. The van der Waals surface area contributed by atoms with E-state index >= 15 is 0 Å². The minimum absolute atomic E-state index is 0.160. The topological polar surface area (TPSA) is 26.3 Å². The summed E-state index contributed by atoms with van der Waals surface area (Å²) in [6.45, 7) is 8.88. The normalized spacial score (nSPS) is 21.9. The van der Waals surface area contributed by atoms with Gasteiger partial charge in [-0.3, -0.25) is 4.79 Å². The van der Waals surface area contributed by atoms with E-state index in [0.29, 0.717) is 12.5 Å². The summed E-state index contributed by atoms with van der Waals surface area (Å²) in [6, 6.07) is 0. The molecule has 0 aromatic rings. The van der Waals surface area contributed by atoms with Crippen LogP contribution in [0.4, 0.5) is 0 Å². The molecule has 0 saturated heterocycles. The highest BCUT2D eigenvalue weighted by Crippen LogP contribution is 2.46. The lowest BCUT2D eigenvalue weighted by molar-refractivity contribution is -0.140. The van der Waals surface area contributed by atoms with Crippen LogP contribution in [-0.4, -0.2) is 17.9 Å². The van der Waals surface area contributed by atoms with Crippen LogP contribution in [0, 0.1) is 11.3 Å². The van der Waals surface area contributed by atoms with Gasteiger partial charge in [0.15, 0.2) is 0 Å². The van der Waals surface area contributed by atoms with E-state index in [0.717, 1.165) is 24.6 Å². The number of esters is 1. The van der Waals surface area contributed by atoms with Crippen molar-refractivity contribution in [1.29, 1.82) is 0 Å². The zero-order valence-electron chi connectivity index (χ0n) is 13.9. The van der Waals surface area contributed by atoms with Crippen molar-refractivity contribution < 1.29 is 9.53 Å². The van der Waals surface area contributed by atoms with Crippen molar-refractivity contribution in [3.63, 3.8) is 0 Å². The van der Waals surface area contributed by atoms with Crippen LogP contribution in [-0.2, 0) is 9.53 Å². The molecular formula is C18H29BrO2. The predicted molar refractivity (Wildman–Crippen MR) is 92.6 cm³/mol. The molecule has 0 radical (unpaired) electrons. The summed E-state index contributed by atoms with van der Waals surface area (Å²) < 4.78 is 5.14. The number of ether oxygens (including phenoxy) is 1. The summed E-state index contributed by atoms with van der Waals surface area (Å²) in [7, 11) is 0. The van der Waals surface area contributed by atoms with Crippen LogP contribution in [0.2, 0.25) is 0 Å². The number of rotatable bonds is 7. The molecule has 1 aliphatic rings. The number of carbonyl (C=O) groups excluding carboxylic acids is 1. The zero-order chi connectivity index (χ0) is 15.9. The summed E-state index contributed by atoms with van der Waals surface area (Å²) in [4.78, 5) is 10.9. The van der Waals surface area contributed by atoms with Crippen LogP contribution in [0.15, 0.2) is 23.3 Å². The molecular weight excluding hydrogens is 328 g/mol. The number of alkyl halides is 1. The van der Waals surface area contributed by atoms with E-state index in [9.17, 15) is 4.79 Å². The van der Waals surface area contributed by atoms with Gasteiger partial charge in [0.25, 0.3) is 0 Å². The first-order valence-electron chi connectivity index (χ1n) is 7.94. The lowest BCUT2D eigenvalue weighted by atomic mass is 9.64. The van der Waals surface area contributed by atoms with Crippen LogP contribution in [0.1, 0.15) is 59.8 Å². The van der Waals surface area contributed by atoms with Crippen LogP contribution < -0.4 is 0 Å². The summed E-state index contributed by atoms with van der Waals surface area (Å²) in [6.07, 6.45) is 10.3. The van der Waals surface area contributed by atoms with E-state index in [2.05, 4.69) is 48.9 Å². The van der Waals surface area contributed by atoms with Crippen LogP contribution in [0.3, 0.4) is 0 Å². The zero-order valence-corrected chi connectivity index (χ0v) is 15.5. The van der Waals surface area contributed by atoms with Gasteiger partial charge in [0.1, 0.15) is 0 Å². The number of halogens is 1. The summed E-state index contributed by atoms with van der Waals surface area (Å²) in [5.41, 5.74) is 3.12. The molecule has 1 aliphatic carbocycles. The van der Waals surface area contributed by atoms with Gasteiger partial charge in [-0.05, 0) is 43.9 Å². The Morgan fingerprint density at radius 2 is 2.19 bits per heavy atom. The molecule has 0 saturated carbocycles. The van der Waals surface area contributed by atoms with Crippen molar-refractivity contribution in [3.05, 3.63) is 23.3 Å². The van der Waals surface area contributed by atoms with Gasteiger partial charge in [-0.1, -0.05) is 53.1 Å². The Kier molecular flexibility index (Phi) is 7.72. The van der Waals surface area contributed by atoms with Crippen molar-refractivity contribution in [3.8, 4) is 0 Å². The van der Waals surface area contributed by atoms with Gasteiger partial charge in [0.05, 0.1) is 6.61 Å². The van der Waals surface area contributed by atoms with Gasteiger partial charge in [-0.2, -0.15) is 0 Å². The number of allylic oxidation sites excluding steroid dienone is 3. The molecule has 3 heteroatoms. The van der Waals surface area contributed by atoms with Gasteiger partial charge in [0.2, 0.25) is 0 Å². The van der Waals surface area contributed by atoms with E-state index in [1.807, 2.05) is 0 Å². The molecule has 0 aromatic carbocycles. The lowest BCUT2D eigenvalue weighted by Crippen LogP contribution is -2.30. The third-order valence-electron chi connectivity index (χ3n) is 4.58. The van der Waals surface area contributed by atoms with Gasteiger partial charge >= 0.3 is 5.97 Å². The molecule has 1 unspecified atom stereocenters. The fourth-order valence-corrected chi connectivity index (χ4v) is 3.61. The highest BCUT2D eigenvalue weighted by Gasteiger charge is 2.35. The first kappa shape index (κ1) is 18.5. The largest absolute Gasteiger partial charge is 0.466 e. The fourth-order valence-electron chi connectivity index (χ4n) is 3.28. The van der Waals surface area contributed by atoms with Crippen LogP contribution in [0.5, 0.6) is 0 Å². The maximum absolute atomic E-state index is 10.9. The molecule has 0 amide bonds. The van der Waals surface area contributed by atoms with Crippen molar-refractivity contribution >= 4 is 21.9 Å². The second-order valence-corrected chi connectivity index (χ2v) is 7.27. The van der Waals surface area contributed by atoms with Crippen LogP contribution >= 0.6 is 15.9 Å². The SMILES string of the molecule is CC(=O)OCCC1=C(C)CCC(/C=C\CCCBr)C1(C)C. The quantitative estimate of drug-likeness (QED) is 0.263. The Labute approximate surface area is 138 Å². The molecule has 0 heterocycles. The maximum atomic E-state index is 10.9. The molecule has 0 aromatic heterocycles. The maximum Gasteiger partial charge on any atom is 0.302 e. The van der Waals surface area contributed by atoms with E-state index in [-0.39, 0.29) is 11.4 Å². The second-order valence-electron chi connectivity index (χ2n) is 6.48. The molecule has 1 rings (SSSR count). The van der Waals surface area contributed by atoms with Gasteiger partial charge in [0, 0.05) is 18.7 Å². The van der Waals surface area contributed by atoms with Crippen LogP contribution in [0.25, 0.3) is 0 Å². The average molecular weight is 357 g/mol. The number of hydrogen-bond donors (Lipinski definition) is 0. The smallest absolute Gasteiger partial charge is 0.302 e. The third kappa shape index (κ3) is 5.61. The summed E-state index contributed by atoms with van der Waals surface area (Å²) >= 11 is 3.47. The predicted octanol–water partition coefficient (Wildman–Crippen LogP) is 5.42. The first-order valence-corrected chi connectivity index (χ1v) is 9.06. The Hall–Kier alpha value is -0.570. The van der Waals surface area contributed by atoms with Gasteiger partial charge in [-0.25, -0.2) is 0 Å². The van der Waals surface area contributed by atoms with E-state index in [4.69, 9.17) is 4.74 Å². The Bertz CT molecular complexity index is 407. The minimum atomic E-state index is -0.187. The molecule has 0 fully saturated rings. The second kappa shape index (κ2) is 8.77. The van der Waals surface area contributed by atoms with Gasteiger partial charge < -0.3 is 4.74 Å². The fraction of sp³-hybridized carbons (Fsp3) is 0.722. The summed E-state index contributed by atoms with van der Waals surface area (Å²) in [5, 5.41) is 1.07. The Morgan fingerprint density at radius 3 is 2.81 bits per heavy atom. The van der Waals surface area contributed by atoms with E-state index in [1.54, 1.807) is 0 Å². The number of hydrogen-bond acceptors (Lipinski definition) is 2. The molecule has 1 atom stereocenters. The molecule has 0 bridgehead atoms. The standard InChI is InChI=1S/C18H29BrO2/c1-14-9-10-16(8-6-5-7-12-19)18(3,4)17(14)11-13-21-15(2)20/h6,8,16H,5,7,9-13H2,1-4H3/b8-6-. The molecule has 0 N–H and O–H groups in total. The minimum Gasteiger partial charge on any atom is -0.466 e. The lowest BCUT2D eigenvalue weighted by Gasteiger charge is -2.41. The van der Waals surface area contributed by atoms with E-state index < -0.39 is 0 Å². The van der Waals surface area contributed by atoms with Gasteiger partial charge in [-0.15, -0.1) is 0 Å². The highest BCUT2D eigenvalue weighted by atomic mass is 79.9. The number of carbonyl (C=O) groups is 1. The molecule has 2 nitrogen and oxygen atoms in total. The molecule has 0 spiro atoms. The Balaban J connectivity index is 2.71. The molecule has 0 aliphatic heterocycles. The summed E-state index contributed by atoms with van der Waals surface area (Å²) in [5.74, 6) is 0.400. The van der Waals surface area contributed by atoms with E-state index in [1.165, 1.54) is 30.9 Å². The third-order valence-corrected chi connectivity index (χ3v) is 5.14. The van der Waals surface area contributed by atoms with Crippen molar-refractivity contribution in [1.82, 2.24) is 0 Å². The number of unbranched alkanes of at least 4 members (excludes halogenated alkanes) is 1. The Morgan fingerprint density at radius 1 is 1.48 bits per heavy atom. The first-order chi connectivity index (χ1) is 9.89. The monoisotopic (exact) mass is 356 g/mol. The average Bonchev–Trinajstić information content (AvgIpc) is 2.40. The van der Waals surface area contributed by atoms with Crippen molar-refractivity contribution in [2.24, 2.45) is 11.3 Å². The highest BCUT2D eigenvalue weighted by molar-refractivity contribution is 9.09. The molecule has 120 valence electrons. The van der Waals surface area contributed by atoms with Crippen molar-refractivity contribution in [2.75, 3.05) is 11.9 Å².